The molecule has 17 heavy (non-hydrogen) atoms. The molecule has 2 heterocycles. The number of rotatable bonds is 4. The van der Waals surface area contributed by atoms with Crippen molar-refractivity contribution in [1.29, 1.82) is 0 Å². The van der Waals surface area contributed by atoms with E-state index < -0.39 is 10.2 Å². The van der Waals surface area contributed by atoms with Gasteiger partial charge in [0.1, 0.15) is 0 Å². The van der Waals surface area contributed by atoms with Crippen LogP contribution in [0, 0.1) is 5.92 Å². The van der Waals surface area contributed by atoms with Gasteiger partial charge >= 0.3 is 0 Å². The molecule has 0 saturated carbocycles. The van der Waals surface area contributed by atoms with Crippen LogP contribution in [-0.4, -0.2) is 58.2 Å². The van der Waals surface area contributed by atoms with Crippen molar-refractivity contribution in [3.05, 3.63) is 0 Å². The van der Waals surface area contributed by atoms with Crippen LogP contribution in [-0.2, 0) is 14.9 Å². The van der Waals surface area contributed by atoms with E-state index in [0.717, 1.165) is 19.5 Å². The summed E-state index contributed by atoms with van der Waals surface area (Å²) < 4.78 is 33.6. The van der Waals surface area contributed by atoms with Crippen LogP contribution in [0.5, 0.6) is 0 Å². The van der Waals surface area contributed by atoms with Crippen LogP contribution in [0.4, 0.5) is 0 Å². The van der Waals surface area contributed by atoms with Crippen molar-refractivity contribution in [2.45, 2.75) is 19.4 Å². The van der Waals surface area contributed by atoms with Crippen molar-refractivity contribution >= 4 is 10.2 Å². The molecule has 0 aromatic heterocycles. The maximum absolute atomic E-state index is 12.1. The van der Waals surface area contributed by atoms with E-state index in [2.05, 4.69) is 10.0 Å². The highest BCUT2D eigenvalue weighted by Crippen LogP contribution is 2.14. The Bertz CT molecular complexity index is 335. The van der Waals surface area contributed by atoms with Crippen LogP contribution in [0.3, 0.4) is 0 Å². The van der Waals surface area contributed by atoms with Crippen molar-refractivity contribution in [1.82, 2.24) is 14.3 Å². The van der Waals surface area contributed by atoms with E-state index in [1.54, 1.807) is 0 Å². The number of morpholine rings is 1. The van der Waals surface area contributed by atoms with E-state index in [-0.39, 0.29) is 6.04 Å². The zero-order chi connectivity index (χ0) is 12.3. The maximum atomic E-state index is 12.1. The second-order valence-electron chi connectivity index (χ2n) is 4.68. The van der Waals surface area contributed by atoms with E-state index in [1.165, 1.54) is 4.31 Å². The average Bonchev–Trinajstić information content (AvgIpc) is 2.83. The van der Waals surface area contributed by atoms with Gasteiger partial charge in [0, 0.05) is 19.1 Å². The quantitative estimate of drug-likeness (QED) is 0.693. The molecule has 6 nitrogen and oxygen atoms in total. The highest BCUT2D eigenvalue weighted by Gasteiger charge is 2.29. The first-order valence-electron chi connectivity index (χ1n) is 6.15. The molecule has 2 rings (SSSR count). The van der Waals surface area contributed by atoms with Crippen LogP contribution < -0.4 is 10.0 Å². The standard InChI is InChI=1S/C10H21N3O3S/c1-9(10-2-3-11-8-10)12-17(14,15)13-4-6-16-7-5-13/h9-12H,2-8H2,1H3. The van der Waals surface area contributed by atoms with E-state index in [4.69, 9.17) is 4.74 Å². The van der Waals surface area contributed by atoms with Gasteiger partial charge in [0.15, 0.2) is 0 Å². The van der Waals surface area contributed by atoms with Crippen molar-refractivity contribution in [2.75, 3.05) is 39.4 Å². The molecule has 2 aliphatic rings. The third-order valence-electron chi connectivity index (χ3n) is 3.45. The molecule has 2 aliphatic heterocycles. The zero-order valence-corrected chi connectivity index (χ0v) is 11.0. The zero-order valence-electron chi connectivity index (χ0n) is 10.2. The van der Waals surface area contributed by atoms with Gasteiger partial charge in [0.05, 0.1) is 13.2 Å². The van der Waals surface area contributed by atoms with Crippen LogP contribution in [0.15, 0.2) is 0 Å². The first kappa shape index (κ1) is 13.2. The molecule has 0 amide bonds. The second-order valence-corrected chi connectivity index (χ2v) is 6.38. The minimum Gasteiger partial charge on any atom is -0.379 e. The predicted octanol–water partition coefficient (Wildman–Crippen LogP) is -0.849. The lowest BCUT2D eigenvalue weighted by molar-refractivity contribution is 0.0722. The first-order chi connectivity index (χ1) is 8.09. The summed E-state index contributed by atoms with van der Waals surface area (Å²) in [5.74, 6) is 0.394. The molecule has 0 radical (unpaired) electrons. The highest BCUT2D eigenvalue weighted by atomic mass is 32.2. The van der Waals surface area contributed by atoms with Crippen molar-refractivity contribution in [3.63, 3.8) is 0 Å². The van der Waals surface area contributed by atoms with Gasteiger partial charge in [-0.2, -0.15) is 17.4 Å². The minimum absolute atomic E-state index is 0.0159. The number of nitrogens with one attached hydrogen (secondary N) is 2. The molecular formula is C10H21N3O3S. The van der Waals surface area contributed by atoms with Gasteiger partial charge in [0.25, 0.3) is 10.2 Å². The summed E-state index contributed by atoms with van der Waals surface area (Å²) in [6.07, 6.45) is 1.03. The lowest BCUT2D eigenvalue weighted by Crippen LogP contribution is -2.50. The smallest absolute Gasteiger partial charge is 0.279 e. The Morgan fingerprint density at radius 2 is 2.12 bits per heavy atom. The Balaban J connectivity index is 1.91. The molecule has 7 heteroatoms. The predicted molar refractivity (Wildman–Crippen MR) is 64.9 cm³/mol. The fourth-order valence-corrected chi connectivity index (χ4v) is 3.74. The molecule has 2 N–H and O–H groups in total. The van der Waals surface area contributed by atoms with Gasteiger partial charge in [-0.25, -0.2) is 0 Å². The topological polar surface area (TPSA) is 70.7 Å². The number of nitrogens with zero attached hydrogens (tertiary/aromatic N) is 1. The Kier molecular flexibility index (Phi) is 4.37. The largest absolute Gasteiger partial charge is 0.379 e. The molecule has 100 valence electrons. The second kappa shape index (κ2) is 5.62. The van der Waals surface area contributed by atoms with Gasteiger partial charge < -0.3 is 10.1 Å². The first-order valence-corrected chi connectivity index (χ1v) is 7.59. The molecule has 0 aromatic carbocycles. The van der Waals surface area contributed by atoms with Gasteiger partial charge in [-0.15, -0.1) is 0 Å². The summed E-state index contributed by atoms with van der Waals surface area (Å²) in [5.41, 5.74) is 0. The minimum atomic E-state index is -3.34. The highest BCUT2D eigenvalue weighted by molar-refractivity contribution is 7.87. The number of hydrogen-bond donors (Lipinski definition) is 2. The van der Waals surface area contributed by atoms with Gasteiger partial charge in [0.2, 0.25) is 0 Å². The Morgan fingerprint density at radius 3 is 2.71 bits per heavy atom. The molecule has 2 saturated heterocycles. The fourth-order valence-electron chi connectivity index (χ4n) is 2.30. The summed E-state index contributed by atoms with van der Waals surface area (Å²) in [5, 5.41) is 3.25. The fraction of sp³-hybridized carbons (Fsp3) is 1.00. The molecule has 0 bridgehead atoms. The lowest BCUT2D eigenvalue weighted by Gasteiger charge is -2.29. The Morgan fingerprint density at radius 1 is 1.41 bits per heavy atom. The van der Waals surface area contributed by atoms with Gasteiger partial charge in [-0.3, -0.25) is 0 Å². The van der Waals surface area contributed by atoms with E-state index in [1.807, 2.05) is 6.92 Å². The summed E-state index contributed by atoms with van der Waals surface area (Å²) in [6.45, 7) is 5.69. The van der Waals surface area contributed by atoms with Crippen LogP contribution in [0.2, 0.25) is 0 Å². The van der Waals surface area contributed by atoms with Gasteiger partial charge in [-0.05, 0) is 32.4 Å². The molecule has 2 fully saturated rings. The van der Waals surface area contributed by atoms with Crippen molar-refractivity contribution in [2.24, 2.45) is 5.92 Å². The SMILES string of the molecule is CC(NS(=O)(=O)N1CCOCC1)C1CCNC1. The summed E-state index contributed by atoms with van der Waals surface area (Å²) in [6, 6.07) is -0.0159. The normalized spacial score (nSPS) is 29.4. The van der Waals surface area contributed by atoms with Crippen LogP contribution in [0.1, 0.15) is 13.3 Å². The third kappa shape index (κ3) is 3.38. The molecule has 0 spiro atoms. The monoisotopic (exact) mass is 263 g/mol. The van der Waals surface area contributed by atoms with Crippen LogP contribution >= 0.6 is 0 Å². The maximum Gasteiger partial charge on any atom is 0.279 e. The molecular weight excluding hydrogens is 242 g/mol. The number of ether oxygens (including phenoxy) is 1. The third-order valence-corrected chi connectivity index (χ3v) is 5.16. The summed E-state index contributed by atoms with van der Waals surface area (Å²) in [7, 11) is -3.34. The van der Waals surface area contributed by atoms with E-state index >= 15 is 0 Å². The van der Waals surface area contributed by atoms with E-state index in [0.29, 0.717) is 32.2 Å². The molecule has 0 aliphatic carbocycles. The van der Waals surface area contributed by atoms with Crippen molar-refractivity contribution in [3.8, 4) is 0 Å². The summed E-state index contributed by atoms with van der Waals surface area (Å²) >= 11 is 0. The average molecular weight is 263 g/mol. The summed E-state index contributed by atoms with van der Waals surface area (Å²) in [4.78, 5) is 0. The molecule has 2 unspecified atom stereocenters. The Labute approximate surface area is 103 Å². The number of hydrogen-bond acceptors (Lipinski definition) is 4. The Hall–Kier alpha value is -0.210. The van der Waals surface area contributed by atoms with Crippen LogP contribution in [0.25, 0.3) is 0 Å². The lowest BCUT2D eigenvalue weighted by atomic mass is 10.0. The molecule has 0 aromatic rings. The van der Waals surface area contributed by atoms with Crippen molar-refractivity contribution < 1.29 is 13.2 Å². The molecule has 2 atom stereocenters. The van der Waals surface area contributed by atoms with Gasteiger partial charge in [-0.1, -0.05) is 0 Å². The van der Waals surface area contributed by atoms with E-state index in [9.17, 15) is 8.42 Å².